The zero-order chi connectivity index (χ0) is 12.6. The van der Waals surface area contributed by atoms with Crippen LogP contribution in [0, 0.1) is 5.41 Å². The molecule has 0 aliphatic heterocycles. The topological polar surface area (TPSA) is 0 Å². The average Bonchev–Trinajstić information content (AvgIpc) is 2.46. The molecule has 17 heavy (non-hydrogen) atoms. The zero-order valence-electron chi connectivity index (χ0n) is 11.4. The second kappa shape index (κ2) is 4.18. The Morgan fingerprint density at radius 3 is 2.59 bits per heavy atom. The number of hydrogen-bond acceptors (Lipinski definition) is 0. The van der Waals surface area contributed by atoms with E-state index < -0.39 is 0 Å². The maximum atomic E-state index is 3.76. The summed E-state index contributed by atoms with van der Waals surface area (Å²) >= 11 is 0. The highest BCUT2D eigenvalue weighted by atomic mass is 14.4. The summed E-state index contributed by atoms with van der Waals surface area (Å²) in [6, 6.07) is 0. The minimum Gasteiger partial charge on any atom is -0.0991 e. The highest BCUT2D eigenvalue weighted by Gasteiger charge is 2.39. The van der Waals surface area contributed by atoms with Crippen LogP contribution < -0.4 is 0 Å². The van der Waals surface area contributed by atoms with E-state index in [1.807, 2.05) is 12.2 Å². The number of hydrogen-bond donors (Lipinski definition) is 0. The molecule has 0 amide bonds. The van der Waals surface area contributed by atoms with Crippen molar-refractivity contribution in [2.45, 2.75) is 40.5 Å². The van der Waals surface area contributed by atoms with Gasteiger partial charge in [-0.2, -0.15) is 0 Å². The third-order valence-electron chi connectivity index (χ3n) is 4.07. The standard InChI is InChI=1S/C17H22/c1-6-7-11-15-13(3)14-10-8-9-12(2)16(14)17(15,4)5/h6-7,10-11H,1,8-9H2,2-5H3/b11-7-. The molecule has 0 heteroatoms. The van der Waals surface area contributed by atoms with Gasteiger partial charge in [-0.05, 0) is 49.0 Å². The summed E-state index contributed by atoms with van der Waals surface area (Å²) < 4.78 is 0. The molecule has 0 heterocycles. The first-order valence-electron chi connectivity index (χ1n) is 6.41. The van der Waals surface area contributed by atoms with Crippen molar-refractivity contribution in [1.29, 1.82) is 0 Å². The van der Waals surface area contributed by atoms with Crippen molar-refractivity contribution in [1.82, 2.24) is 0 Å². The summed E-state index contributed by atoms with van der Waals surface area (Å²) in [4.78, 5) is 0. The Morgan fingerprint density at radius 1 is 1.29 bits per heavy atom. The van der Waals surface area contributed by atoms with E-state index in [1.165, 1.54) is 29.6 Å². The summed E-state index contributed by atoms with van der Waals surface area (Å²) in [5, 5.41) is 0. The summed E-state index contributed by atoms with van der Waals surface area (Å²) in [6.45, 7) is 13.0. The summed E-state index contributed by atoms with van der Waals surface area (Å²) in [7, 11) is 0. The molecule has 0 saturated heterocycles. The molecule has 0 N–H and O–H groups in total. The quantitative estimate of drug-likeness (QED) is 0.573. The monoisotopic (exact) mass is 226 g/mol. The Bertz CT molecular complexity index is 476. The third-order valence-corrected chi connectivity index (χ3v) is 4.07. The van der Waals surface area contributed by atoms with Crippen molar-refractivity contribution in [3.63, 3.8) is 0 Å². The van der Waals surface area contributed by atoms with E-state index in [9.17, 15) is 0 Å². The molecule has 0 saturated carbocycles. The van der Waals surface area contributed by atoms with Crippen LogP contribution in [0.25, 0.3) is 0 Å². The van der Waals surface area contributed by atoms with E-state index in [0.29, 0.717) is 0 Å². The van der Waals surface area contributed by atoms with Crippen molar-refractivity contribution in [3.8, 4) is 0 Å². The van der Waals surface area contributed by atoms with Gasteiger partial charge in [-0.3, -0.25) is 0 Å². The minimum atomic E-state index is 0.153. The van der Waals surface area contributed by atoms with Crippen molar-refractivity contribution >= 4 is 0 Å². The Hall–Kier alpha value is -1.30. The van der Waals surface area contributed by atoms with E-state index in [0.717, 1.165) is 0 Å². The highest BCUT2D eigenvalue weighted by molar-refractivity contribution is 5.65. The summed E-state index contributed by atoms with van der Waals surface area (Å²) in [5.41, 5.74) is 7.66. The first-order chi connectivity index (χ1) is 8.00. The van der Waals surface area contributed by atoms with Crippen LogP contribution in [0.15, 0.2) is 58.7 Å². The summed E-state index contributed by atoms with van der Waals surface area (Å²) in [6.07, 6.45) is 10.9. The number of allylic oxidation sites excluding steroid dienone is 9. The smallest absolute Gasteiger partial charge is 0.0154 e. The first kappa shape index (κ1) is 12.2. The second-order valence-corrected chi connectivity index (χ2v) is 5.57. The van der Waals surface area contributed by atoms with Crippen molar-refractivity contribution in [2.24, 2.45) is 5.41 Å². The first-order valence-corrected chi connectivity index (χ1v) is 6.41. The molecule has 2 rings (SSSR count). The molecular formula is C17H22. The fraction of sp³-hybridized carbons (Fsp3) is 0.412. The van der Waals surface area contributed by atoms with Crippen molar-refractivity contribution in [2.75, 3.05) is 0 Å². The van der Waals surface area contributed by atoms with Crippen LogP contribution in [0.2, 0.25) is 0 Å². The lowest BCUT2D eigenvalue weighted by Gasteiger charge is -2.27. The van der Waals surface area contributed by atoms with Crippen LogP contribution >= 0.6 is 0 Å². The molecule has 0 aromatic carbocycles. The van der Waals surface area contributed by atoms with Gasteiger partial charge in [0.2, 0.25) is 0 Å². The van der Waals surface area contributed by atoms with Gasteiger partial charge in [-0.1, -0.05) is 50.3 Å². The number of rotatable bonds is 2. The second-order valence-electron chi connectivity index (χ2n) is 5.57. The van der Waals surface area contributed by atoms with Gasteiger partial charge in [0.1, 0.15) is 0 Å². The van der Waals surface area contributed by atoms with Gasteiger partial charge in [0.25, 0.3) is 0 Å². The van der Waals surface area contributed by atoms with Crippen LogP contribution in [0.5, 0.6) is 0 Å². The molecule has 0 aromatic heterocycles. The van der Waals surface area contributed by atoms with Gasteiger partial charge in [-0.15, -0.1) is 0 Å². The molecule has 0 unspecified atom stereocenters. The Labute approximate surface area is 105 Å². The fourth-order valence-corrected chi connectivity index (χ4v) is 3.35. The predicted molar refractivity (Wildman–Crippen MR) is 75.8 cm³/mol. The van der Waals surface area contributed by atoms with Crippen LogP contribution in [-0.4, -0.2) is 0 Å². The van der Waals surface area contributed by atoms with Crippen LogP contribution in [0.3, 0.4) is 0 Å². The molecule has 0 nitrogen and oxygen atoms in total. The lowest BCUT2D eigenvalue weighted by Crippen LogP contribution is -2.15. The Morgan fingerprint density at radius 2 is 2.00 bits per heavy atom. The molecule has 2 aliphatic rings. The molecule has 0 fully saturated rings. The molecule has 0 bridgehead atoms. The SMILES string of the molecule is C=C/C=C\C1=C(C)C2=CCCC(C)=C2C1(C)C. The molecule has 0 aromatic rings. The molecule has 0 spiro atoms. The van der Waals surface area contributed by atoms with Gasteiger partial charge < -0.3 is 0 Å². The average molecular weight is 226 g/mol. The Kier molecular flexibility index (Phi) is 2.99. The van der Waals surface area contributed by atoms with E-state index in [-0.39, 0.29) is 5.41 Å². The van der Waals surface area contributed by atoms with Gasteiger partial charge in [0.15, 0.2) is 0 Å². The zero-order valence-corrected chi connectivity index (χ0v) is 11.4. The molecule has 90 valence electrons. The number of fused-ring (bicyclic) bond motifs is 1. The van der Waals surface area contributed by atoms with Gasteiger partial charge in [0, 0.05) is 5.41 Å². The highest BCUT2D eigenvalue weighted by Crippen LogP contribution is 2.53. The Balaban J connectivity index is 2.60. The maximum Gasteiger partial charge on any atom is 0.0154 e. The molecule has 0 atom stereocenters. The van der Waals surface area contributed by atoms with E-state index >= 15 is 0 Å². The van der Waals surface area contributed by atoms with E-state index in [2.05, 4.69) is 46.4 Å². The molecule has 0 radical (unpaired) electrons. The lowest BCUT2D eigenvalue weighted by molar-refractivity contribution is 0.565. The lowest BCUT2D eigenvalue weighted by atomic mass is 9.76. The van der Waals surface area contributed by atoms with Gasteiger partial charge >= 0.3 is 0 Å². The summed E-state index contributed by atoms with van der Waals surface area (Å²) in [5.74, 6) is 0. The fourth-order valence-electron chi connectivity index (χ4n) is 3.35. The normalized spacial score (nSPS) is 23.2. The van der Waals surface area contributed by atoms with E-state index in [4.69, 9.17) is 0 Å². The van der Waals surface area contributed by atoms with E-state index in [1.54, 1.807) is 11.1 Å². The maximum absolute atomic E-state index is 3.76. The predicted octanol–water partition coefficient (Wildman–Crippen LogP) is 5.12. The van der Waals surface area contributed by atoms with Crippen LogP contribution in [0.4, 0.5) is 0 Å². The molecular weight excluding hydrogens is 204 g/mol. The van der Waals surface area contributed by atoms with Crippen LogP contribution in [0.1, 0.15) is 40.5 Å². The van der Waals surface area contributed by atoms with Crippen molar-refractivity contribution in [3.05, 3.63) is 58.7 Å². The van der Waals surface area contributed by atoms with Gasteiger partial charge in [-0.25, -0.2) is 0 Å². The largest absolute Gasteiger partial charge is 0.0991 e. The molecule has 2 aliphatic carbocycles. The van der Waals surface area contributed by atoms with Gasteiger partial charge in [0.05, 0.1) is 0 Å². The van der Waals surface area contributed by atoms with Crippen molar-refractivity contribution < 1.29 is 0 Å². The van der Waals surface area contributed by atoms with Crippen LogP contribution in [-0.2, 0) is 0 Å². The third kappa shape index (κ3) is 1.76. The minimum absolute atomic E-state index is 0.153.